The van der Waals surface area contributed by atoms with Crippen LogP contribution < -0.4 is 0 Å². The minimum atomic E-state index is 0.900. The Hall–Kier alpha value is -2.78. The van der Waals surface area contributed by atoms with Gasteiger partial charge in [0.1, 0.15) is 0 Å². The molecule has 0 unspecified atom stereocenters. The van der Waals surface area contributed by atoms with Gasteiger partial charge in [-0.25, -0.2) is 4.98 Å². The number of aryl methyl sites for hydroxylation is 2. The molecule has 0 radical (unpaired) electrons. The van der Waals surface area contributed by atoms with E-state index in [1.54, 1.807) is 11.8 Å². The van der Waals surface area contributed by atoms with E-state index in [1.165, 1.54) is 27.9 Å². The molecule has 3 aromatic carbocycles. The zero-order chi connectivity index (χ0) is 18.6. The second kappa shape index (κ2) is 7.85. The average molecular weight is 371 g/mol. The Morgan fingerprint density at radius 1 is 0.815 bits per heavy atom. The predicted octanol–water partition coefficient (Wildman–Crippen LogP) is 6.45. The fourth-order valence-electron chi connectivity index (χ4n) is 3.13. The molecule has 27 heavy (non-hydrogen) atoms. The van der Waals surface area contributed by atoms with E-state index < -0.39 is 0 Å². The Bertz CT molecular complexity index is 1030. The number of hydrogen-bond acceptors (Lipinski definition) is 2. The number of hydrogen-bond donors (Lipinski definition) is 0. The summed E-state index contributed by atoms with van der Waals surface area (Å²) in [5.41, 5.74) is 7.30. The highest BCUT2D eigenvalue weighted by molar-refractivity contribution is 7.98. The summed E-state index contributed by atoms with van der Waals surface area (Å²) in [6.45, 7) is 4.27. The lowest BCUT2D eigenvalue weighted by molar-refractivity contribution is 0.893. The van der Waals surface area contributed by atoms with Gasteiger partial charge in [0.05, 0.1) is 17.6 Å². The van der Waals surface area contributed by atoms with E-state index in [2.05, 4.69) is 97.3 Å². The number of thioether (sulfide) groups is 1. The number of para-hydroxylation sites is 1. The third kappa shape index (κ3) is 3.83. The number of benzene rings is 3. The van der Waals surface area contributed by atoms with Gasteiger partial charge in [-0.15, -0.1) is 0 Å². The molecule has 4 aromatic rings. The van der Waals surface area contributed by atoms with Crippen molar-refractivity contribution in [1.29, 1.82) is 0 Å². The number of rotatable bonds is 5. The van der Waals surface area contributed by atoms with Crippen LogP contribution in [0.15, 0.2) is 90.2 Å². The molecule has 1 heterocycles. The molecule has 4 rings (SSSR count). The smallest absolute Gasteiger partial charge is 0.173 e. The van der Waals surface area contributed by atoms with Gasteiger partial charge in [0, 0.05) is 11.3 Å². The van der Waals surface area contributed by atoms with Crippen LogP contribution in [0, 0.1) is 13.8 Å². The summed E-state index contributed by atoms with van der Waals surface area (Å²) in [6.07, 6.45) is 1.99. The summed E-state index contributed by atoms with van der Waals surface area (Å²) in [5, 5.41) is 1.02. The molecular formula is C24H22N2S. The molecular weight excluding hydrogens is 348 g/mol. The summed E-state index contributed by atoms with van der Waals surface area (Å²) in [6, 6.07) is 27.7. The fourth-order valence-corrected chi connectivity index (χ4v) is 4.08. The van der Waals surface area contributed by atoms with E-state index in [0.717, 1.165) is 16.6 Å². The van der Waals surface area contributed by atoms with Crippen molar-refractivity contribution >= 4 is 11.8 Å². The van der Waals surface area contributed by atoms with Crippen LogP contribution >= 0.6 is 11.8 Å². The van der Waals surface area contributed by atoms with E-state index in [0.29, 0.717) is 0 Å². The summed E-state index contributed by atoms with van der Waals surface area (Å²) in [5.74, 6) is 0.900. The predicted molar refractivity (Wildman–Crippen MR) is 114 cm³/mol. The van der Waals surface area contributed by atoms with E-state index in [4.69, 9.17) is 4.98 Å². The van der Waals surface area contributed by atoms with Gasteiger partial charge in [0.2, 0.25) is 0 Å². The topological polar surface area (TPSA) is 17.8 Å². The molecule has 0 spiro atoms. The molecule has 0 atom stereocenters. The first kappa shape index (κ1) is 17.6. The quantitative estimate of drug-likeness (QED) is 0.376. The molecule has 0 bridgehead atoms. The van der Waals surface area contributed by atoms with Crippen LogP contribution in [-0.4, -0.2) is 9.55 Å². The number of imidazole rings is 1. The van der Waals surface area contributed by atoms with Crippen molar-refractivity contribution in [2.75, 3.05) is 0 Å². The van der Waals surface area contributed by atoms with Gasteiger partial charge in [-0.1, -0.05) is 90.1 Å². The molecule has 0 N–H and O–H groups in total. The summed E-state index contributed by atoms with van der Waals surface area (Å²) in [7, 11) is 0. The fraction of sp³-hybridized carbons (Fsp3) is 0.125. The van der Waals surface area contributed by atoms with Gasteiger partial charge < -0.3 is 0 Å². The third-order valence-corrected chi connectivity index (χ3v) is 5.67. The lowest BCUT2D eigenvalue weighted by Crippen LogP contribution is -2.01. The Balaban J connectivity index is 1.77. The van der Waals surface area contributed by atoms with E-state index in [-0.39, 0.29) is 0 Å². The van der Waals surface area contributed by atoms with Crippen molar-refractivity contribution in [3.8, 4) is 16.9 Å². The molecule has 134 valence electrons. The maximum absolute atomic E-state index is 4.77. The molecule has 0 aliphatic heterocycles. The van der Waals surface area contributed by atoms with E-state index in [1.807, 2.05) is 6.20 Å². The van der Waals surface area contributed by atoms with Crippen LogP contribution in [0.2, 0.25) is 0 Å². The minimum Gasteiger partial charge on any atom is -0.287 e. The molecule has 0 fully saturated rings. The maximum Gasteiger partial charge on any atom is 0.173 e. The Morgan fingerprint density at radius 2 is 1.52 bits per heavy atom. The van der Waals surface area contributed by atoms with Gasteiger partial charge in [0.25, 0.3) is 0 Å². The third-order valence-electron chi connectivity index (χ3n) is 4.64. The zero-order valence-corrected chi connectivity index (χ0v) is 16.4. The molecule has 3 heteroatoms. The molecule has 0 aliphatic rings. The van der Waals surface area contributed by atoms with E-state index in [9.17, 15) is 0 Å². The maximum atomic E-state index is 4.77. The van der Waals surface area contributed by atoms with Gasteiger partial charge in [-0.2, -0.15) is 0 Å². The van der Waals surface area contributed by atoms with Crippen molar-refractivity contribution in [3.05, 3.63) is 102 Å². The normalized spacial score (nSPS) is 10.9. The Kier molecular flexibility index (Phi) is 5.12. The van der Waals surface area contributed by atoms with Gasteiger partial charge >= 0.3 is 0 Å². The first-order chi connectivity index (χ1) is 13.2. The minimum absolute atomic E-state index is 0.900. The molecule has 0 amide bonds. The molecule has 1 aromatic heterocycles. The standard InChI is InChI=1S/C24H22N2S/c1-18-12-14-21(15-13-18)23-16-25-24(27-17-20-9-4-3-5-10-20)26(23)22-11-7-6-8-19(22)2/h3-16H,17H2,1-2H3. The van der Waals surface area contributed by atoms with Crippen LogP contribution in [0.5, 0.6) is 0 Å². The first-order valence-electron chi connectivity index (χ1n) is 9.10. The van der Waals surface area contributed by atoms with Crippen LogP contribution in [0.3, 0.4) is 0 Å². The first-order valence-corrected chi connectivity index (χ1v) is 10.1. The summed E-state index contributed by atoms with van der Waals surface area (Å²) >= 11 is 1.77. The highest BCUT2D eigenvalue weighted by atomic mass is 32.2. The highest BCUT2D eigenvalue weighted by Gasteiger charge is 2.15. The highest BCUT2D eigenvalue weighted by Crippen LogP contribution is 2.32. The van der Waals surface area contributed by atoms with Gasteiger partial charge in [-0.05, 0) is 31.0 Å². The number of nitrogens with zero attached hydrogens (tertiary/aromatic N) is 2. The van der Waals surface area contributed by atoms with Crippen LogP contribution in [0.1, 0.15) is 16.7 Å². The molecule has 0 saturated heterocycles. The largest absolute Gasteiger partial charge is 0.287 e. The summed E-state index contributed by atoms with van der Waals surface area (Å²) < 4.78 is 2.29. The number of aromatic nitrogens is 2. The second-order valence-corrected chi connectivity index (χ2v) is 7.63. The SMILES string of the molecule is Cc1ccc(-c2cnc(SCc3ccccc3)n2-c2ccccc2C)cc1. The van der Waals surface area contributed by atoms with E-state index >= 15 is 0 Å². The Labute approximate surface area is 164 Å². The van der Waals surface area contributed by atoms with Crippen molar-refractivity contribution in [2.45, 2.75) is 24.8 Å². The monoisotopic (exact) mass is 370 g/mol. The van der Waals surface area contributed by atoms with Gasteiger partial charge in [0.15, 0.2) is 5.16 Å². The molecule has 0 aliphatic carbocycles. The van der Waals surface area contributed by atoms with Gasteiger partial charge in [-0.3, -0.25) is 4.57 Å². The lowest BCUT2D eigenvalue weighted by atomic mass is 10.1. The molecule has 2 nitrogen and oxygen atoms in total. The summed E-state index contributed by atoms with van der Waals surface area (Å²) in [4.78, 5) is 4.77. The zero-order valence-electron chi connectivity index (χ0n) is 15.6. The second-order valence-electron chi connectivity index (χ2n) is 6.69. The van der Waals surface area contributed by atoms with Crippen LogP contribution in [-0.2, 0) is 5.75 Å². The van der Waals surface area contributed by atoms with Crippen molar-refractivity contribution in [3.63, 3.8) is 0 Å². The van der Waals surface area contributed by atoms with Crippen LogP contribution in [0.25, 0.3) is 16.9 Å². The Morgan fingerprint density at radius 3 is 2.26 bits per heavy atom. The van der Waals surface area contributed by atoms with Crippen LogP contribution in [0.4, 0.5) is 0 Å². The van der Waals surface area contributed by atoms with Crippen molar-refractivity contribution in [2.24, 2.45) is 0 Å². The van der Waals surface area contributed by atoms with Crippen molar-refractivity contribution in [1.82, 2.24) is 9.55 Å². The van der Waals surface area contributed by atoms with Crippen molar-refractivity contribution < 1.29 is 0 Å². The average Bonchev–Trinajstić information content (AvgIpc) is 3.12. The molecule has 0 saturated carbocycles. The lowest BCUT2D eigenvalue weighted by Gasteiger charge is -2.14.